The van der Waals surface area contributed by atoms with Crippen molar-refractivity contribution in [2.45, 2.75) is 50.2 Å². The normalized spacial score (nSPS) is 20.7. The van der Waals surface area contributed by atoms with E-state index < -0.39 is 0 Å². The summed E-state index contributed by atoms with van der Waals surface area (Å²) in [6.45, 7) is 5.36. The van der Waals surface area contributed by atoms with Crippen molar-refractivity contribution in [3.05, 3.63) is 41.7 Å². The number of rotatable bonds is 7. The standard InChI is InChI=1S/C23H33N5OS/c1-3-30-23-25-24-22(26(23)2)20-10-7-13-28(20)17-21(29)27-14-11-19(12-15-27)16-18-8-5-4-6-9-18/h4-6,8-9,19-20H,3,7,10-17H2,1-2H3/t20-/m0/s1. The van der Waals surface area contributed by atoms with E-state index in [-0.39, 0.29) is 11.9 Å². The number of piperidine rings is 1. The molecule has 1 aromatic carbocycles. The highest BCUT2D eigenvalue weighted by Crippen LogP contribution is 2.32. The Kier molecular flexibility index (Phi) is 7.10. The third-order valence-corrected chi connectivity index (χ3v) is 7.38. The summed E-state index contributed by atoms with van der Waals surface area (Å²) in [6, 6.07) is 10.9. The van der Waals surface area contributed by atoms with Gasteiger partial charge >= 0.3 is 0 Å². The minimum absolute atomic E-state index is 0.202. The Morgan fingerprint density at radius 3 is 2.60 bits per heavy atom. The van der Waals surface area contributed by atoms with Gasteiger partial charge in [-0.3, -0.25) is 9.69 Å². The van der Waals surface area contributed by atoms with E-state index in [1.807, 2.05) is 7.05 Å². The Bertz CT molecular complexity index is 831. The first-order valence-corrected chi connectivity index (χ1v) is 12.2. The number of amides is 1. The SMILES string of the molecule is CCSc1nnc([C@@H]2CCCN2CC(=O)N2CCC(Cc3ccccc3)CC2)n1C. The van der Waals surface area contributed by atoms with E-state index in [2.05, 4.69) is 61.8 Å². The molecule has 7 heteroatoms. The number of benzene rings is 1. The second-order valence-corrected chi connectivity index (χ2v) is 9.71. The molecule has 0 unspecified atom stereocenters. The quantitative estimate of drug-likeness (QED) is 0.633. The van der Waals surface area contributed by atoms with E-state index >= 15 is 0 Å². The summed E-state index contributed by atoms with van der Waals surface area (Å²) in [4.78, 5) is 17.4. The highest BCUT2D eigenvalue weighted by molar-refractivity contribution is 7.99. The molecule has 0 aliphatic carbocycles. The van der Waals surface area contributed by atoms with Crippen LogP contribution in [0.4, 0.5) is 0 Å². The van der Waals surface area contributed by atoms with E-state index in [4.69, 9.17) is 0 Å². The van der Waals surface area contributed by atoms with Gasteiger partial charge in [-0.1, -0.05) is 49.0 Å². The van der Waals surface area contributed by atoms with Gasteiger partial charge < -0.3 is 9.47 Å². The van der Waals surface area contributed by atoms with E-state index in [1.54, 1.807) is 11.8 Å². The predicted molar refractivity (Wildman–Crippen MR) is 120 cm³/mol. The summed E-state index contributed by atoms with van der Waals surface area (Å²) in [5.74, 6) is 2.94. The second-order valence-electron chi connectivity index (χ2n) is 8.48. The molecule has 2 saturated heterocycles. The summed E-state index contributed by atoms with van der Waals surface area (Å²) >= 11 is 1.72. The summed E-state index contributed by atoms with van der Waals surface area (Å²) in [7, 11) is 2.04. The largest absolute Gasteiger partial charge is 0.342 e. The molecule has 1 atom stereocenters. The predicted octanol–water partition coefficient (Wildman–Crippen LogP) is 3.55. The van der Waals surface area contributed by atoms with Gasteiger partial charge in [0.05, 0.1) is 12.6 Å². The number of carbonyl (C=O) groups is 1. The molecule has 0 bridgehead atoms. The molecule has 0 radical (unpaired) electrons. The number of hydrogen-bond acceptors (Lipinski definition) is 5. The first-order valence-electron chi connectivity index (χ1n) is 11.2. The number of nitrogens with zero attached hydrogens (tertiary/aromatic N) is 5. The van der Waals surface area contributed by atoms with Crippen LogP contribution in [-0.2, 0) is 18.3 Å². The zero-order valence-electron chi connectivity index (χ0n) is 18.2. The minimum atomic E-state index is 0.202. The Morgan fingerprint density at radius 1 is 1.10 bits per heavy atom. The van der Waals surface area contributed by atoms with Crippen molar-refractivity contribution >= 4 is 17.7 Å². The lowest BCUT2D eigenvalue weighted by molar-refractivity contribution is -0.134. The fourth-order valence-electron chi connectivity index (χ4n) is 4.79. The van der Waals surface area contributed by atoms with E-state index in [0.717, 1.165) is 68.5 Å². The van der Waals surface area contributed by atoms with Crippen molar-refractivity contribution in [2.75, 3.05) is 31.9 Å². The first kappa shape index (κ1) is 21.4. The van der Waals surface area contributed by atoms with E-state index in [9.17, 15) is 4.79 Å². The van der Waals surface area contributed by atoms with Gasteiger partial charge in [0.25, 0.3) is 0 Å². The molecule has 2 aliphatic heterocycles. The van der Waals surface area contributed by atoms with E-state index in [1.165, 1.54) is 5.56 Å². The lowest BCUT2D eigenvalue weighted by Gasteiger charge is -2.34. The molecule has 2 aliphatic rings. The molecule has 1 aromatic heterocycles. The van der Waals surface area contributed by atoms with Crippen LogP contribution in [0.3, 0.4) is 0 Å². The average molecular weight is 428 g/mol. The zero-order valence-corrected chi connectivity index (χ0v) is 19.0. The maximum absolute atomic E-state index is 13.0. The first-order chi connectivity index (χ1) is 14.7. The van der Waals surface area contributed by atoms with Crippen LogP contribution in [0.15, 0.2) is 35.5 Å². The van der Waals surface area contributed by atoms with Crippen LogP contribution in [0.1, 0.15) is 50.0 Å². The Hall–Kier alpha value is -1.86. The van der Waals surface area contributed by atoms with Crippen molar-refractivity contribution in [1.82, 2.24) is 24.6 Å². The molecule has 3 heterocycles. The smallest absolute Gasteiger partial charge is 0.236 e. The molecule has 2 aromatic rings. The second kappa shape index (κ2) is 9.96. The molecule has 4 rings (SSSR count). The summed E-state index contributed by atoms with van der Waals surface area (Å²) in [6.07, 6.45) is 5.49. The number of carbonyl (C=O) groups excluding carboxylic acids is 1. The third kappa shape index (κ3) is 4.89. The van der Waals surface area contributed by atoms with Crippen LogP contribution < -0.4 is 0 Å². The minimum Gasteiger partial charge on any atom is -0.342 e. The highest BCUT2D eigenvalue weighted by Gasteiger charge is 2.33. The van der Waals surface area contributed by atoms with Crippen LogP contribution in [0.2, 0.25) is 0 Å². The molecule has 2 fully saturated rings. The van der Waals surface area contributed by atoms with Crippen LogP contribution in [-0.4, -0.2) is 62.4 Å². The van der Waals surface area contributed by atoms with Gasteiger partial charge in [0, 0.05) is 20.1 Å². The molecular weight excluding hydrogens is 394 g/mol. The lowest BCUT2D eigenvalue weighted by Crippen LogP contribution is -2.44. The highest BCUT2D eigenvalue weighted by atomic mass is 32.2. The molecule has 6 nitrogen and oxygen atoms in total. The van der Waals surface area contributed by atoms with Crippen LogP contribution in [0.25, 0.3) is 0 Å². The fourth-order valence-corrected chi connectivity index (χ4v) is 5.43. The third-order valence-electron chi connectivity index (χ3n) is 6.48. The van der Waals surface area contributed by atoms with Crippen LogP contribution in [0.5, 0.6) is 0 Å². The maximum atomic E-state index is 13.0. The number of likely N-dealkylation sites (tertiary alicyclic amines) is 2. The zero-order chi connectivity index (χ0) is 20.9. The monoisotopic (exact) mass is 427 g/mol. The Morgan fingerprint density at radius 2 is 1.87 bits per heavy atom. The van der Waals surface area contributed by atoms with E-state index in [0.29, 0.717) is 12.5 Å². The summed E-state index contributed by atoms with van der Waals surface area (Å²) in [5.41, 5.74) is 1.41. The molecule has 30 heavy (non-hydrogen) atoms. The van der Waals surface area contributed by atoms with Gasteiger partial charge in [-0.25, -0.2) is 0 Å². The molecule has 0 saturated carbocycles. The Balaban J connectivity index is 1.30. The van der Waals surface area contributed by atoms with Gasteiger partial charge in [-0.2, -0.15) is 0 Å². The van der Waals surface area contributed by atoms with Gasteiger partial charge in [0.1, 0.15) is 0 Å². The van der Waals surface area contributed by atoms with Gasteiger partial charge in [0.2, 0.25) is 5.91 Å². The molecule has 0 N–H and O–H groups in total. The molecular formula is C23H33N5OS. The van der Waals surface area contributed by atoms with Gasteiger partial charge in [0.15, 0.2) is 11.0 Å². The van der Waals surface area contributed by atoms with Crippen LogP contribution >= 0.6 is 11.8 Å². The summed E-state index contributed by atoms with van der Waals surface area (Å²) in [5, 5.41) is 9.78. The average Bonchev–Trinajstić information content (AvgIpc) is 3.36. The van der Waals surface area contributed by atoms with Gasteiger partial charge in [-0.05, 0) is 55.9 Å². The number of thioether (sulfide) groups is 1. The number of aromatic nitrogens is 3. The van der Waals surface area contributed by atoms with Crippen LogP contribution in [0, 0.1) is 5.92 Å². The summed E-state index contributed by atoms with van der Waals surface area (Å²) < 4.78 is 2.11. The maximum Gasteiger partial charge on any atom is 0.236 e. The molecule has 1 amide bonds. The van der Waals surface area contributed by atoms with Gasteiger partial charge in [-0.15, -0.1) is 10.2 Å². The van der Waals surface area contributed by atoms with Crippen molar-refractivity contribution in [1.29, 1.82) is 0 Å². The lowest BCUT2D eigenvalue weighted by atomic mass is 9.90. The Labute approximate surface area is 184 Å². The fraction of sp³-hybridized carbons (Fsp3) is 0.609. The van der Waals surface area contributed by atoms with Crippen molar-refractivity contribution < 1.29 is 4.79 Å². The van der Waals surface area contributed by atoms with Crippen molar-refractivity contribution in [2.24, 2.45) is 13.0 Å². The molecule has 0 spiro atoms. The number of hydrogen-bond donors (Lipinski definition) is 0. The molecule has 162 valence electrons. The van der Waals surface area contributed by atoms with Crippen molar-refractivity contribution in [3.8, 4) is 0 Å². The topological polar surface area (TPSA) is 54.3 Å². The van der Waals surface area contributed by atoms with Crippen molar-refractivity contribution in [3.63, 3.8) is 0 Å².